The summed E-state index contributed by atoms with van der Waals surface area (Å²) in [6, 6.07) is 24.5. The lowest BCUT2D eigenvalue weighted by Crippen LogP contribution is -2.48. The van der Waals surface area contributed by atoms with E-state index in [1.54, 1.807) is 0 Å². The van der Waals surface area contributed by atoms with Crippen LogP contribution in [0.1, 0.15) is 51.9 Å². The maximum atomic E-state index is 13.3. The second-order valence-electron chi connectivity index (χ2n) is 10.4. The van der Waals surface area contributed by atoms with Gasteiger partial charge in [-0.25, -0.2) is 0 Å². The number of hydrogen-bond acceptors (Lipinski definition) is 4. The summed E-state index contributed by atoms with van der Waals surface area (Å²) >= 11 is 0. The number of hydrogen-bond donors (Lipinski definition) is 1. The summed E-state index contributed by atoms with van der Waals surface area (Å²) in [4.78, 5) is 15.6. The molecule has 0 unspecified atom stereocenters. The fraction of sp³-hybridized carbons (Fsp3) is 0.387. The Kier molecular flexibility index (Phi) is 7.03. The maximum Gasteiger partial charge on any atom is 0.167 e. The number of rotatable bonds is 7. The van der Waals surface area contributed by atoms with Crippen LogP contribution in [0.2, 0.25) is 0 Å². The molecular formula is C31H35NO3. The SMILES string of the molecule is Cc1ccc(CC2(O)CCN(C[C@@H]3CCc4cc(OCc5ccccc5)ccc4C3=O)CC2)cc1. The van der Waals surface area contributed by atoms with Crippen LogP contribution >= 0.6 is 0 Å². The van der Waals surface area contributed by atoms with Gasteiger partial charge in [-0.1, -0.05) is 60.2 Å². The van der Waals surface area contributed by atoms with Gasteiger partial charge >= 0.3 is 0 Å². The fourth-order valence-corrected chi connectivity index (χ4v) is 5.43. The standard InChI is InChI=1S/C31H35NO3/c1-23-7-9-24(10-8-23)20-31(34)15-17-32(18-16-31)21-27-12-11-26-19-28(13-14-29(26)30(27)33)35-22-25-5-3-2-4-6-25/h2-10,13-14,19,27,34H,11-12,15-18,20-22H2,1H3/t27-/m0/s1. The van der Waals surface area contributed by atoms with Gasteiger partial charge in [-0.05, 0) is 67.5 Å². The summed E-state index contributed by atoms with van der Waals surface area (Å²) in [5.74, 6) is 1.10. The van der Waals surface area contributed by atoms with Crippen molar-refractivity contribution in [2.24, 2.45) is 5.92 Å². The first-order valence-corrected chi connectivity index (χ1v) is 12.8. The molecule has 0 aromatic heterocycles. The minimum atomic E-state index is -0.648. The Morgan fingerprint density at radius 1 is 0.971 bits per heavy atom. The minimum Gasteiger partial charge on any atom is -0.489 e. The third kappa shape index (κ3) is 5.83. The summed E-state index contributed by atoms with van der Waals surface area (Å²) in [6.07, 6.45) is 3.98. The van der Waals surface area contributed by atoms with E-state index in [0.717, 1.165) is 67.8 Å². The number of ketones is 1. The number of fused-ring (bicyclic) bond motifs is 1. The van der Waals surface area contributed by atoms with Crippen molar-refractivity contribution in [3.63, 3.8) is 0 Å². The molecule has 1 fully saturated rings. The number of piperidine rings is 1. The van der Waals surface area contributed by atoms with Crippen LogP contribution < -0.4 is 4.74 Å². The molecule has 4 nitrogen and oxygen atoms in total. The largest absolute Gasteiger partial charge is 0.489 e. The van der Waals surface area contributed by atoms with Crippen LogP contribution in [-0.4, -0.2) is 41.0 Å². The molecule has 1 aliphatic heterocycles. The lowest BCUT2D eigenvalue weighted by molar-refractivity contribution is -0.0231. The summed E-state index contributed by atoms with van der Waals surface area (Å²) in [5, 5.41) is 11.1. The van der Waals surface area contributed by atoms with E-state index < -0.39 is 5.60 Å². The molecule has 35 heavy (non-hydrogen) atoms. The first-order chi connectivity index (χ1) is 17.0. The van der Waals surface area contributed by atoms with E-state index in [-0.39, 0.29) is 11.7 Å². The second-order valence-corrected chi connectivity index (χ2v) is 10.4. The van der Waals surface area contributed by atoms with Crippen LogP contribution in [0.5, 0.6) is 5.75 Å². The number of carbonyl (C=O) groups excluding carboxylic acids is 1. The average Bonchev–Trinajstić information content (AvgIpc) is 2.88. The number of nitrogens with zero attached hydrogens (tertiary/aromatic N) is 1. The van der Waals surface area contributed by atoms with Gasteiger partial charge in [0.2, 0.25) is 0 Å². The average molecular weight is 470 g/mol. The zero-order chi connectivity index (χ0) is 24.3. The number of Topliss-reactive ketones (excluding diaryl/α,β-unsaturated/α-hetero) is 1. The van der Waals surface area contributed by atoms with Crippen LogP contribution in [0.3, 0.4) is 0 Å². The lowest BCUT2D eigenvalue weighted by Gasteiger charge is -2.40. The van der Waals surface area contributed by atoms with E-state index in [9.17, 15) is 9.90 Å². The van der Waals surface area contributed by atoms with Crippen LogP contribution in [-0.2, 0) is 19.4 Å². The summed E-state index contributed by atoms with van der Waals surface area (Å²) in [5.41, 5.74) is 4.87. The van der Waals surface area contributed by atoms with E-state index >= 15 is 0 Å². The molecule has 3 aromatic carbocycles. The second kappa shape index (κ2) is 10.3. The van der Waals surface area contributed by atoms with Crippen molar-refractivity contribution in [1.29, 1.82) is 0 Å². The molecular weight excluding hydrogens is 434 g/mol. The predicted molar refractivity (Wildman–Crippen MR) is 139 cm³/mol. The Bertz CT molecular complexity index is 1150. The molecule has 2 aliphatic rings. The molecule has 0 radical (unpaired) electrons. The first kappa shape index (κ1) is 23.8. The number of carbonyl (C=O) groups is 1. The molecule has 0 saturated carbocycles. The van der Waals surface area contributed by atoms with Gasteiger partial charge in [0.05, 0.1) is 5.60 Å². The molecule has 1 N–H and O–H groups in total. The van der Waals surface area contributed by atoms with Crippen LogP contribution in [0.25, 0.3) is 0 Å². The van der Waals surface area contributed by atoms with E-state index in [2.05, 4.69) is 48.2 Å². The number of aliphatic hydroxyl groups is 1. The highest BCUT2D eigenvalue weighted by atomic mass is 16.5. The van der Waals surface area contributed by atoms with Crippen LogP contribution in [0, 0.1) is 12.8 Å². The third-order valence-electron chi connectivity index (χ3n) is 7.64. The van der Waals surface area contributed by atoms with Crippen molar-refractivity contribution in [1.82, 2.24) is 4.90 Å². The molecule has 5 rings (SSSR count). The highest BCUT2D eigenvalue weighted by Crippen LogP contribution is 2.32. The molecule has 1 atom stereocenters. The van der Waals surface area contributed by atoms with Crippen molar-refractivity contribution in [2.75, 3.05) is 19.6 Å². The van der Waals surface area contributed by atoms with Gasteiger partial charge in [-0.2, -0.15) is 0 Å². The van der Waals surface area contributed by atoms with E-state index in [0.29, 0.717) is 13.0 Å². The monoisotopic (exact) mass is 469 g/mol. The summed E-state index contributed by atoms with van der Waals surface area (Å²) < 4.78 is 5.97. The van der Waals surface area contributed by atoms with Crippen LogP contribution in [0.15, 0.2) is 72.8 Å². The smallest absolute Gasteiger partial charge is 0.167 e. The number of benzene rings is 3. The zero-order valence-electron chi connectivity index (χ0n) is 20.6. The molecule has 4 heteroatoms. The third-order valence-corrected chi connectivity index (χ3v) is 7.64. The Morgan fingerprint density at radius 3 is 2.46 bits per heavy atom. The fourth-order valence-electron chi connectivity index (χ4n) is 5.43. The van der Waals surface area contributed by atoms with E-state index in [1.807, 2.05) is 36.4 Å². The molecule has 1 aliphatic carbocycles. The van der Waals surface area contributed by atoms with Gasteiger partial charge < -0.3 is 14.7 Å². The zero-order valence-corrected chi connectivity index (χ0v) is 20.6. The molecule has 182 valence electrons. The van der Waals surface area contributed by atoms with Crippen molar-refractivity contribution >= 4 is 5.78 Å². The Morgan fingerprint density at radius 2 is 1.71 bits per heavy atom. The quantitative estimate of drug-likeness (QED) is 0.504. The Labute approximate surface area is 208 Å². The Hall–Kier alpha value is -2.95. The maximum absolute atomic E-state index is 13.3. The summed E-state index contributed by atoms with van der Waals surface area (Å²) in [6.45, 7) is 5.07. The molecule has 1 saturated heterocycles. The van der Waals surface area contributed by atoms with Gasteiger partial charge in [0, 0.05) is 37.5 Å². The summed E-state index contributed by atoms with van der Waals surface area (Å²) in [7, 11) is 0. The minimum absolute atomic E-state index is 0.0295. The molecule has 0 spiro atoms. The van der Waals surface area contributed by atoms with Gasteiger partial charge in [0.1, 0.15) is 12.4 Å². The van der Waals surface area contributed by atoms with Crippen molar-refractivity contribution in [3.8, 4) is 5.75 Å². The van der Waals surface area contributed by atoms with Crippen molar-refractivity contribution in [3.05, 3.63) is 101 Å². The highest BCUT2D eigenvalue weighted by molar-refractivity contribution is 6.00. The number of ether oxygens (including phenoxy) is 1. The van der Waals surface area contributed by atoms with Gasteiger partial charge in [0.25, 0.3) is 0 Å². The van der Waals surface area contributed by atoms with Crippen LogP contribution in [0.4, 0.5) is 0 Å². The van der Waals surface area contributed by atoms with Gasteiger partial charge in [-0.3, -0.25) is 4.79 Å². The highest BCUT2D eigenvalue weighted by Gasteiger charge is 2.35. The normalized spacial score (nSPS) is 19.8. The van der Waals surface area contributed by atoms with Crippen molar-refractivity contribution < 1.29 is 14.6 Å². The molecule has 0 amide bonds. The molecule has 3 aromatic rings. The molecule has 1 heterocycles. The lowest BCUT2D eigenvalue weighted by atomic mass is 9.81. The number of aryl methyl sites for hydroxylation is 2. The van der Waals surface area contributed by atoms with Crippen molar-refractivity contribution in [2.45, 2.75) is 51.2 Å². The molecule has 0 bridgehead atoms. The van der Waals surface area contributed by atoms with Gasteiger partial charge in [-0.15, -0.1) is 0 Å². The van der Waals surface area contributed by atoms with E-state index in [4.69, 9.17) is 4.74 Å². The first-order valence-electron chi connectivity index (χ1n) is 12.8. The predicted octanol–water partition coefficient (Wildman–Crippen LogP) is 5.39. The van der Waals surface area contributed by atoms with Gasteiger partial charge in [0.15, 0.2) is 5.78 Å². The number of likely N-dealkylation sites (tertiary alicyclic amines) is 1. The Balaban J connectivity index is 1.14. The topological polar surface area (TPSA) is 49.8 Å². The van der Waals surface area contributed by atoms with E-state index in [1.165, 1.54) is 11.1 Å².